The van der Waals surface area contributed by atoms with Crippen LogP contribution in [-0.4, -0.2) is 22.1 Å². The third-order valence-corrected chi connectivity index (χ3v) is 5.26. The van der Waals surface area contributed by atoms with Crippen molar-refractivity contribution in [1.29, 1.82) is 0 Å². The van der Waals surface area contributed by atoms with Gasteiger partial charge in [-0.1, -0.05) is 6.92 Å². The number of ether oxygens (including phenoxy) is 1. The fourth-order valence-corrected chi connectivity index (χ4v) is 3.37. The Morgan fingerprint density at radius 2 is 2.11 bits per heavy atom. The molecule has 0 amide bonds. The lowest BCUT2D eigenvalue weighted by Gasteiger charge is -2.15. The number of hydrogen-bond donors (Lipinski definition) is 2. The number of methoxy groups -OCH3 is 1. The van der Waals surface area contributed by atoms with Gasteiger partial charge in [-0.3, -0.25) is 0 Å². The van der Waals surface area contributed by atoms with E-state index in [-0.39, 0.29) is 16.1 Å². The maximum absolute atomic E-state index is 12.3. The van der Waals surface area contributed by atoms with Gasteiger partial charge in [-0.05, 0) is 36.8 Å². The molecule has 0 heterocycles. The molecule has 0 radical (unpaired) electrons. The Balaban J connectivity index is 2.19. The molecule has 2 rings (SSSR count). The number of nitrogens with one attached hydrogen (secondary N) is 1. The maximum Gasteiger partial charge on any atom is 0.244 e. The van der Waals surface area contributed by atoms with Gasteiger partial charge in [0.05, 0.1) is 7.11 Å². The average Bonchev–Trinajstić information content (AvgIpc) is 3.17. The van der Waals surface area contributed by atoms with E-state index in [1.165, 1.54) is 19.2 Å². The van der Waals surface area contributed by atoms with Crippen LogP contribution in [0.5, 0.6) is 5.75 Å². The minimum Gasteiger partial charge on any atom is -0.495 e. The first-order valence-corrected chi connectivity index (χ1v) is 7.84. The van der Waals surface area contributed by atoms with Crippen molar-refractivity contribution >= 4 is 15.7 Å². The Kier molecular flexibility index (Phi) is 3.73. The fraction of sp³-hybridized carbons (Fsp3) is 0.538. The number of benzene rings is 1. The second-order valence-corrected chi connectivity index (χ2v) is 6.82. The van der Waals surface area contributed by atoms with Crippen molar-refractivity contribution in [2.24, 2.45) is 5.41 Å². The van der Waals surface area contributed by atoms with Crippen molar-refractivity contribution in [3.05, 3.63) is 18.2 Å². The predicted octanol–water partition coefficient (Wildman–Crippen LogP) is 1.75. The minimum absolute atomic E-state index is 0.135. The summed E-state index contributed by atoms with van der Waals surface area (Å²) in [7, 11) is -2.12. The van der Waals surface area contributed by atoms with E-state index >= 15 is 0 Å². The number of hydrogen-bond acceptors (Lipinski definition) is 4. The highest BCUT2D eigenvalue weighted by molar-refractivity contribution is 7.89. The second-order valence-electron chi connectivity index (χ2n) is 5.09. The minimum atomic E-state index is -3.55. The van der Waals surface area contributed by atoms with Gasteiger partial charge in [-0.25, -0.2) is 13.1 Å². The average molecular weight is 284 g/mol. The van der Waals surface area contributed by atoms with Crippen LogP contribution in [0.4, 0.5) is 5.69 Å². The molecule has 6 heteroatoms. The van der Waals surface area contributed by atoms with Gasteiger partial charge < -0.3 is 10.5 Å². The lowest BCUT2D eigenvalue weighted by atomic mass is 10.1. The first-order valence-electron chi connectivity index (χ1n) is 6.36. The Labute approximate surface area is 114 Å². The normalized spacial score (nSPS) is 17.2. The van der Waals surface area contributed by atoms with Crippen LogP contribution in [0.2, 0.25) is 0 Å². The maximum atomic E-state index is 12.3. The molecule has 19 heavy (non-hydrogen) atoms. The summed E-state index contributed by atoms with van der Waals surface area (Å²) >= 11 is 0. The monoisotopic (exact) mass is 284 g/mol. The van der Waals surface area contributed by atoms with Crippen LogP contribution in [-0.2, 0) is 10.0 Å². The van der Waals surface area contributed by atoms with Crippen molar-refractivity contribution < 1.29 is 13.2 Å². The molecule has 1 aromatic carbocycles. The summed E-state index contributed by atoms with van der Waals surface area (Å²) in [6.07, 6.45) is 3.17. The van der Waals surface area contributed by atoms with E-state index in [1.807, 2.05) is 0 Å². The fourth-order valence-electron chi connectivity index (χ4n) is 2.06. The number of nitrogens with two attached hydrogens (primary N) is 1. The van der Waals surface area contributed by atoms with E-state index in [2.05, 4.69) is 11.6 Å². The summed E-state index contributed by atoms with van der Waals surface area (Å²) in [5.41, 5.74) is 6.26. The zero-order chi connectivity index (χ0) is 14.1. The van der Waals surface area contributed by atoms with Crippen LogP contribution in [0.1, 0.15) is 26.2 Å². The molecule has 0 saturated heterocycles. The summed E-state index contributed by atoms with van der Waals surface area (Å²) in [4.78, 5) is 0.135. The van der Waals surface area contributed by atoms with E-state index in [4.69, 9.17) is 10.5 Å². The van der Waals surface area contributed by atoms with Crippen LogP contribution in [0.15, 0.2) is 23.1 Å². The predicted molar refractivity (Wildman–Crippen MR) is 74.6 cm³/mol. The Morgan fingerprint density at radius 3 is 2.63 bits per heavy atom. The van der Waals surface area contributed by atoms with Crippen LogP contribution < -0.4 is 15.2 Å². The third-order valence-electron chi connectivity index (χ3n) is 3.82. The summed E-state index contributed by atoms with van der Waals surface area (Å²) in [5, 5.41) is 0. The molecular weight excluding hydrogens is 264 g/mol. The van der Waals surface area contributed by atoms with Crippen LogP contribution in [0, 0.1) is 5.41 Å². The summed E-state index contributed by atoms with van der Waals surface area (Å²) in [6, 6.07) is 4.55. The van der Waals surface area contributed by atoms with Crippen molar-refractivity contribution in [3.63, 3.8) is 0 Å². The molecule has 1 fully saturated rings. The van der Waals surface area contributed by atoms with Gasteiger partial charge in [-0.15, -0.1) is 0 Å². The molecule has 0 bridgehead atoms. The van der Waals surface area contributed by atoms with Crippen molar-refractivity contribution in [2.45, 2.75) is 31.1 Å². The summed E-state index contributed by atoms with van der Waals surface area (Å²) in [5.74, 6) is 0.272. The molecular formula is C13H20N2O3S. The molecule has 0 aliphatic heterocycles. The Morgan fingerprint density at radius 1 is 1.42 bits per heavy atom. The quantitative estimate of drug-likeness (QED) is 0.780. The Hall–Kier alpha value is -1.27. The van der Waals surface area contributed by atoms with E-state index < -0.39 is 10.0 Å². The van der Waals surface area contributed by atoms with Gasteiger partial charge >= 0.3 is 0 Å². The van der Waals surface area contributed by atoms with E-state index in [9.17, 15) is 8.42 Å². The molecule has 0 aromatic heterocycles. The first-order chi connectivity index (χ1) is 8.92. The highest BCUT2D eigenvalue weighted by Crippen LogP contribution is 2.48. The van der Waals surface area contributed by atoms with Gasteiger partial charge in [-0.2, -0.15) is 0 Å². The molecule has 0 unspecified atom stereocenters. The Bertz CT molecular complexity index is 565. The number of nitrogen functional groups attached to an aromatic ring is 1. The smallest absolute Gasteiger partial charge is 0.244 e. The number of sulfonamides is 1. The third kappa shape index (κ3) is 3.01. The summed E-state index contributed by atoms with van der Waals surface area (Å²) < 4.78 is 32.3. The molecule has 5 nitrogen and oxygen atoms in total. The molecule has 1 saturated carbocycles. The zero-order valence-corrected chi connectivity index (χ0v) is 12.1. The van der Waals surface area contributed by atoms with Crippen LogP contribution in [0.3, 0.4) is 0 Å². The van der Waals surface area contributed by atoms with E-state index in [0.717, 1.165) is 19.3 Å². The van der Waals surface area contributed by atoms with Gasteiger partial charge in [0.15, 0.2) is 0 Å². The topological polar surface area (TPSA) is 81.4 Å². The van der Waals surface area contributed by atoms with Crippen LogP contribution in [0.25, 0.3) is 0 Å². The van der Waals surface area contributed by atoms with Gasteiger partial charge in [0.2, 0.25) is 10.0 Å². The molecule has 106 valence electrons. The van der Waals surface area contributed by atoms with E-state index in [0.29, 0.717) is 12.2 Å². The SMILES string of the molecule is CCC1(CNS(=O)(=O)c2ccc(N)cc2OC)CC1. The molecule has 1 aliphatic carbocycles. The lowest BCUT2D eigenvalue weighted by molar-refractivity contribution is 0.402. The van der Waals surface area contributed by atoms with E-state index in [1.54, 1.807) is 6.07 Å². The number of rotatable bonds is 6. The van der Waals surface area contributed by atoms with Crippen molar-refractivity contribution in [3.8, 4) is 5.75 Å². The van der Waals surface area contributed by atoms with Crippen LogP contribution >= 0.6 is 0 Å². The largest absolute Gasteiger partial charge is 0.495 e. The highest BCUT2D eigenvalue weighted by atomic mass is 32.2. The first kappa shape index (κ1) is 14.1. The molecule has 3 N–H and O–H groups in total. The standard InChI is InChI=1S/C13H20N2O3S/c1-3-13(6-7-13)9-15-19(16,17)12-5-4-10(14)8-11(12)18-2/h4-5,8,15H,3,6-7,9,14H2,1-2H3. The van der Waals surface area contributed by atoms with Crippen molar-refractivity contribution in [1.82, 2.24) is 4.72 Å². The van der Waals surface area contributed by atoms with Crippen molar-refractivity contribution in [2.75, 3.05) is 19.4 Å². The summed E-state index contributed by atoms with van der Waals surface area (Å²) in [6.45, 7) is 2.57. The zero-order valence-electron chi connectivity index (χ0n) is 11.3. The molecule has 0 atom stereocenters. The highest BCUT2D eigenvalue weighted by Gasteiger charge is 2.41. The second kappa shape index (κ2) is 5.02. The molecule has 1 aliphatic rings. The van der Waals surface area contributed by atoms with Gasteiger partial charge in [0.1, 0.15) is 10.6 Å². The van der Waals surface area contributed by atoms with Gasteiger partial charge in [0, 0.05) is 18.3 Å². The molecule has 1 aromatic rings. The van der Waals surface area contributed by atoms with Gasteiger partial charge in [0.25, 0.3) is 0 Å². The molecule has 0 spiro atoms. The lowest BCUT2D eigenvalue weighted by Crippen LogP contribution is -2.30. The number of anilines is 1.